The molecule has 2 unspecified atom stereocenters. The monoisotopic (exact) mass is 275 g/mol. The van der Waals surface area contributed by atoms with Gasteiger partial charge >= 0.3 is 5.97 Å². The zero-order chi connectivity index (χ0) is 14.0. The number of carbonyl (C=O) groups excluding carboxylic acids is 1. The van der Waals surface area contributed by atoms with E-state index in [0.29, 0.717) is 15.2 Å². The number of carbonyl (C=O) groups is 1. The molecule has 0 saturated heterocycles. The van der Waals surface area contributed by atoms with E-state index in [2.05, 4.69) is 32.3 Å². The Morgan fingerprint density at radius 1 is 1.28 bits per heavy atom. The zero-order valence-electron chi connectivity index (χ0n) is 12.7. The van der Waals surface area contributed by atoms with Crippen LogP contribution in [0.1, 0.15) is 47.0 Å². The molecule has 0 aliphatic rings. The van der Waals surface area contributed by atoms with Crippen LogP contribution in [0, 0.1) is 0 Å². The number of hydrogen-bond donors (Lipinski definition) is 0. The summed E-state index contributed by atoms with van der Waals surface area (Å²) < 4.78 is 5.43. The van der Waals surface area contributed by atoms with Crippen LogP contribution >= 0.6 is 8.58 Å². The Bertz CT molecular complexity index is 232. The van der Waals surface area contributed by atoms with Gasteiger partial charge in [-0.2, -0.15) is 0 Å². The molecule has 0 fully saturated rings. The molecular formula is C14H30NO2P. The summed E-state index contributed by atoms with van der Waals surface area (Å²) in [5.41, 5.74) is 0. The fourth-order valence-electron chi connectivity index (χ4n) is 1.98. The standard InChI is InChI=1S/C14H30NO2P/c1-6-10-14(4,18-5)13(16)17-12-9-11-15(7-2)8-3/h18H,6-12H2,1-5H3. The summed E-state index contributed by atoms with van der Waals surface area (Å²) in [5, 5.41) is -0.260. The predicted octanol–water partition coefficient (Wildman–Crippen LogP) is 3.13. The van der Waals surface area contributed by atoms with Gasteiger partial charge in [-0.05, 0) is 39.5 Å². The van der Waals surface area contributed by atoms with Crippen LogP contribution in [0.15, 0.2) is 0 Å². The van der Waals surface area contributed by atoms with Crippen molar-refractivity contribution in [3.05, 3.63) is 0 Å². The number of ether oxygens (including phenoxy) is 1. The molecule has 0 amide bonds. The van der Waals surface area contributed by atoms with Crippen molar-refractivity contribution in [1.82, 2.24) is 4.90 Å². The minimum absolute atomic E-state index is 0.00951. The molecule has 0 aromatic heterocycles. The molecule has 0 bridgehead atoms. The number of nitrogens with zero attached hydrogens (tertiary/aromatic N) is 1. The zero-order valence-corrected chi connectivity index (χ0v) is 13.7. The van der Waals surface area contributed by atoms with Crippen LogP contribution in [0.25, 0.3) is 0 Å². The van der Waals surface area contributed by atoms with Gasteiger partial charge in [-0.1, -0.05) is 27.2 Å². The lowest BCUT2D eigenvalue weighted by Gasteiger charge is -2.25. The predicted molar refractivity (Wildman–Crippen MR) is 80.9 cm³/mol. The van der Waals surface area contributed by atoms with Crippen molar-refractivity contribution in [1.29, 1.82) is 0 Å². The van der Waals surface area contributed by atoms with Crippen molar-refractivity contribution >= 4 is 14.6 Å². The molecule has 0 N–H and O–H groups in total. The van der Waals surface area contributed by atoms with Crippen molar-refractivity contribution in [3.8, 4) is 0 Å². The summed E-state index contributed by atoms with van der Waals surface area (Å²) in [6, 6.07) is 0. The van der Waals surface area contributed by atoms with Gasteiger partial charge in [-0.15, -0.1) is 8.58 Å². The summed E-state index contributed by atoms with van der Waals surface area (Å²) in [6.45, 7) is 14.2. The highest BCUT2D eigenvalue weighted by Crippen LogP contribution is 2.34. The molecule has 0 aromatic carbocycles. The average Bonchev–Trinajstić information content (AvgIpc) is 2.38. The first-order valence-electron chi connectivity index (χ1n) is 7.12. The summed E-state index contributed by atoms with van der Waals surface area (Å²) in [7, 11) is 0.611. The SMILES string of the molecule is CCCC(C)(PC)C(=O)OCCCN(CC)CC. The molecule has 0 spiro atoms. The van der Waals surface area contributed by atoms with Crippen LogP contribution in [0.4, 0.5) is 0 Å². The second-order valence-corrected chi connectivity index (χ2v) is 6.45. The van der Waals surface area contributed by atoms with Gasteiger partial charge in [0.05, 0.1) is 11.8 Å². The first kappa shape index (κ1) is 17.9. The van der Waals surface area contributed by atoms with E-state index < -0.39 is 0 Å². The topological polar surface area (TPSA) is 29.5 Å². The molecule has 0 aromatic rings. The molecule has 0 rings (SSSR count). The van der Waals surface area contributed by atoms with Crippen LogP contribution in [-0.2, 0) is 9.53 Å². The van der Waals surface area contributed by atoms with E-state index in [1.807, 2.05) is 6.92 Å². The highest BCUT2D eigenvalue weighted by Gasteiger charge is 2.31. The number of esters is 1. The maximum Gasteiger partial charge on any atom is 0.315 e. The van der Waals surface area contributed by atoms with E-state index in [0.717, 1.165) is 38.9 Å². The third-order valence-corrected chi connectivity index (χ3v) is 5.06. The van der Waals surface area contributed by atoms with Gasteiger partial charge in [0, 0.05) is 6.54 Å². The molecule has 0 radical (unpaired) electrons. The molecule has 0 aliphatic carbocycles. The van der Waals surface area contributed by atoms with Crippen LogP contribution < -0.4 is 0 Å². The van der Waals surface area contributed by atoms with Crippen molar-refractivity contribution in [2.24, 2.45) is 0 Å². The minimum Gasteiger partial charge on any atom is -0.465 e. The third kappa shape index (κ3) is 6.15. The van der Waals surface area contributed by atoms with Crippen LogP contribution in [0.2, 0.25) is 0 Å². The van der Waals surface area contributed by atoms with E-state index >= 15 is 0 Å². The Labute approximate surface area is 114 Å². The van der Waals surface area contributed by atoms with Crippen LogP contribution in [-0.4, -0.2) is 48.9 Å². The molecular weight excluding hydrogens is 245 g/mol. The van der Waals surface area contributed by atoms with Crippen molar-refractivity contribution in [2.75, 3.05) is 32.9 Å². The first-order chi connectivity index (χ1) is 8.53. The highest BCUT2D eigenvalue weighted by molar-refractivity contribution is 7.40. The van der Waals surface area contributed by atoms with Crippen LogP contribution in [0.5, 0.6) is 0 Å². The van der Waals surface area contributed by atoms with Gasteiger partial charge < -0.3 is 9.64 Å². The molecule has 2 atom stereocenters. The molecule has 108 valence electrons. The Morgan fingerprint density at radius 2 is 1.89 bits per heavy atom. The Balaban J connectivity index is 3.95. The molecule has 0 heterocycles. The lowest BCUT2D eigenvalue weighted by atomic mass is 10.1. The van der Waals surface area contributed by atoms with E-state index in [4.69, 9.17) is 4.74 Å². The number of hydrogen-bond acceptors (Lipinski definition) is 3. The van der Waals surface area contributed by atoms with Crippen LogP contribution in [0.3, 0.4) is 0 Å². The molecule has 0 aliphatic heterocycles. The Hall–Kier alpha value is -0.140. The van der Waals surface area contributed by atoms with Gasteiger partial charge in [0.2, 0.25) is 0 Å². The maximum atomic E-state index is 12.0. The second-order valence-electron chi connectivity index (χ2n) is 4.85. The Morgan fingerprint density at radius 3 is 2.33 bits per heavy atom. The fraction of sp³-hybridized carbons (Fsp3) is 0.929. The quantitative estimate of drug-likeness (QED) is 0.348. The molecule has 3 nitrogen and oxygen atoms in total. The smallest absolute Gasteiger partial charge is 0.315 e. The lowest BCUT2D eigenvalue weighted by Crippen LogP contribution is -2.33. The maximum absolute atomic E-state index is 12.0. The summed E-state index contributed by atoms with van der Waals surface area (Å²) >= 11 is 0. The van der Waals surface area contributed by atoms with E-state index in [1.165, 1.54) is 0 Å². The van der Waals surface area contributed by atoms with Crippen molar-refractivity contribution in [3.63, 3.8) is 0 Å². The molecule has 0 saturated carbocycles. The largest absolute Gasteiger partial charge is 0.465 e. The van der Waals surface area contributed by atoms with Gasteiger partial charge in [-0.3, -0.25) is 4.79 Å². The van der Waals surface area contributed by atoms with E-state index in [-0.39, 0.29) is 11.1 Å². The number of rotatable bonds is 10. The fourth-order valence-corrected chi connectivity index (χ4v) is 2.76. The van der Waals surface area contributed by atoms with Gasteiger partial charge in [-0.25, -0.2) is 0 Å². The molecule has 18 heavy (non-hydrogen) atoms. The van der Waals surface area contributed by atoms with E-state index in [9.17, 15) is 4.79 Å². The Kier molecular flexibility index (Phi) is 9.67. The van der Waals surface area contributed by atoms with Gasteiger partial charge in [0.15, 0.2) is 0 Å². The van der Waals surface area contributed by atoms with E-state index in [1.54, 1.807) is 0 Å². The minimum atomic E-state index is -0.260. The average molecular weight is 275 g/mol. The summed E-state index contributed by atoms with van der Waals surface area (Å²) in [5.74, 6) is -0.00951. The van der Waals surface area contributed by atoms with Crippen molar-refractivity contribution < 1.29 is 9.53 Å². The highest BCUT2D eigenvalue weighted by atomic mass is 31.1. The van der Waals surface area contributed by atoms with Gasteiger partial charge in [0.25, 0.3) is 0 Å². The summed E-state index contributed by atoms with van der Waals surface area (Å²) in [4.78, 5) is 14.4. The summed E-state index contributed by atoms with van der Waals surface area (Å²) in [6.07, 6.45) is 2.89. The molecule has 4 heteroatoms. The van der Waals surface area contributed by atoms with Crippen molar-refractivity contribution in [2.45, 2.75) is 52.1 Å². The normalized spacial score (nSPS) is 15.2. The second kappa shape index (κ2) is 9.75. The third-order valence-electron chi connectivity index (χ3n) is 3.50. The first-order valence-corrected chi connectivity index (χ1v) is 8.62. The van der Waals surface area contributed by atoms with Gasteiger partial charge in [0.1, 0.15) is 0 Å². The lowest BCUT2D eigenvalue weighted by molar-refractivity contribution is -0.146.